The second-order valence-corrected chi connectivity index (χ2v) is 4.50. The van der Waals surface area contributed by atoms with Crippen LogP contribution in [0.4, 0.5) is 0 Å². The highest BCUT2D eigenvalue weighted by molar-refractivity contribution is 5.86. The van der Waals surface area contributed by atoms with Crippen LogP contribution in [0.15, 0.2) is 60.7 Å². The first kappa shape index (κ1) is 16.3. The maximum absolute atomic E-state index is 11.7. The van der Waals surface area contributed by atoms with E-state index in [9.17, 15) is 9.59 Å². The number of hydrogen-bond donors (Lipinski definition) is 0. The normalized spacial score (nSPS) is 10.3. The number of benzene rings is 2. The van der Waals surface area contributed by atoms with Gasteiger partial charge in [-0.1, -0.05) is 30.3 Å². The van der Waals surface area contributed by atoms with Gasteiger partial charge in [0.05, 0.1) is 7.11 Å². The number of carbonyl (C=O) groups excluding carboxylic acids is 2. The van der Waals surface area contributed by atoms with Gasteiger partial charge >= 0.3 is 11.9 Å². The third kappa shape index (κ3) is 5.67. The van der Waals surface area contributed by atoms with Gasteiger partial charge in [-0.2, -0.15) is 0 Å². The van der Waals surface area contributed by atoms with E-state index in [4.69, 9.17) is 9.47 Å². The summed E-state index contributed by atoms with van der Waals surface area (Å²) in [7, 11) is 1.32. The van der Waals surface area contributed by atoms with Gasteiger partial charge in [-0.05, 0) is 35.9 Å². The van der Waals surface area contributed by atoms with Crippen molar-refractivity contribution >= 4 is 18.0 Å². The van der Waals surface area contributed by atoms with E-state index in [1.807, 2.05) is 6.07 Å². The van der Waals surface area contributed by atoms with E-state index in [1.54, 1.807) is 54.6 Å². The van der Waals surface area contributed by atoms with E-state index in [0.717, 1.165) is 5.56 Å². The SMILES string of the molecule is COC(=O)C=Cc1ccc(OCC(=O)Oc2ccccc2)cc1. The highest BCUT2D eigenvalue weighted by Crippen LogP contribution is 2.14. The molecule has 2 aromatic rings. The van der Waals surface area contributed by atoms with E-state index in [-0.39, 0.29) is 6.61 Å². The summed E-state index contributed by atoms with van der Waals surface area (Å²) < 4.78 is 15.0. The molecule has 0 N–H and O–H groups in total. The van der Waals surface area contributed by atoms with Crippen LogP contribution in [0.2, 0.25) is 0 Å². The van der Waals surface area contributed by atoms with E-state index >= 15 is 0 Å². The van der Waals surface area contributed by atoms with Gasteiger partial charge in [0.25, 0.3) is 0 Å². The minimum Gasteiger partial charge on any atom is -0.482 e. The smallest absolute Gasteiger partial charge is 0.349 e. The molecular formula is C18H16O5. The molecule has 0 heterocycles. The Morgan fingerprint density at radius 3 is 2.30 bits per heavy atom. The van der Waals surface area contributed by atoms with Crippen molar-refractivity contribution in [2.24, 2.45) is 0 Å². The summed E-state index contributed by atoms with van der Waals surface area (Å²) in [5, 5.41) is 0. The number of hydrogen-bond acceptors (Lipinski definition) is 5. The van der Waals surface area contributed by atoms with Crippen LogP contribution in [-0.4, -0.2) is 25.7 Å². The van der Waals surface area contributed by atoms with Gasteiger partial charge in [-0.15, -0.1) is 0 Å². The fourth-order valence-corrected chi connectivity index (χ4v) is 1.70. The minimum atomic E-state index is -0.481. The Hall–Kier alpha value is -3.08. The Balaban J connectivity index is 1.83. The predicted molar refractivity (Wildman–Crippen MR) is 85.1 cm³/mol. The largest absolute Gasteiger partial charge is 0.482 e. The third-order valence-electron chi connectivity index (χ3n) is 2.82. The fraction of sp³-hybridized carbons (Fsp3) is 0.111. The average Bonchev–Trinajstić information content (AvgIpc) is 2.59. The minimum absolute atomic E-state index is 0.188. The topological polar surface area (TPSA) is 61.8 Å². The lowest BCUT2D eigenvalue weighted by Crippen LogP contribution is -2.17. The molecule has 5 nitrogen and oxygen atoms in total. The van der Waals surface area contributed by atoms with Gasteiger partial charge in [0.2, 0.25) is 0 Å². The van der Waals surface area contributed by atoms with Crippen LogP contribution in [0, 0.1) is 0 Å². The molecule has 5 heteroatoms. The molecule has 0 saturated heterocycles. The molecule has 0 unspecified atom stereocenters. The highest BCUT2D eigenvalue weighted by atomic mass is 16.6. The quantitative estimate of drug-likeness (QED) is 0.466. The first-order valence-electron chi connectivity index (χ1n) is 6.92. The predicted octanol–water partition coefficient (Wildman–Crippen LogP) is 2.86. The molecule has 0 fully saturated rings. The molecule has 0 aromatic heterocycles. The highest BCUT2D eigenvalue weighted by Gasteiger charge is 2.05. The number of ether oxygens (including phenoxy) is 3. The van der Waals surface area contributed by atoms with Crippen molar-refractivity contribution < 1.29 is 23.8 Å². The summed E-state index contributed by atoms with van der Waals surface area (Å²) in [6.45, 7) is -0.188. The van der Waals surface area contributed by atoms with E-state index in [1.165, 1.54) is 13.2 Å². The second kappa shape index (κ2) is 8.38. The number of rotatable bonds is 6. The zero-order valence-corrected chi connectivity index (χ0v) is 12.6. The third-order valence-corrected chi connectivity index (χ3v) is 2.82. The van der Waals surface area contributed by atoms with Crippen LogP contribution in [-0.2, 0) is 14.3 Å². The van der Waals surface area contributed by atoms with Crippen LogP contribution in [0.3, 0.4) is 0 Å². The summed E-state index contributed by atoms with van der Waals surface area (Å²) >= 11 is 0. The second-order valence-electron chi connectivity index (χ2n) is 4.50. The molecule has 0 atom stereocenters. The van der Waals surface area contributed by atoms with Gasteiger partial charge in [-0.25, -0.2) is 9.59 Å². The lowest BCUT2D eigenvalue weighted by atomic mass is 10.2. The summed E-state index contributed by atoms with van der Waals surface area (Å²) in [6, 6.07) is 15.7. The Labute approximate surface area is 134 Å². The van der Waals surface area contributed by atoms with E-state index < -0.39 is 11.9 Å². The van der Waals surface area contributed by atoms with Crippen molar-refractivity contribution in [1.82, 2.24) is 0 Å². The molecule has 23 heavy (non-hydrogen) atoms. The van der Waals surface area contributed by atoms with Crippen molar-refractivity contribution in [1.29, 1.82) is 0 Å². The van der Waals surface area contributed by atoms with E-state index in [0.29, 0.717) is 11.5 Å². The summed E-state index contributed by atoms with van der Waals surface area (Å²) in [6.07, 6.45) is 2.95. The van der Waals surface area contributed by atoms with Crippen LogP contribution in [0.25, 0.3) is 6.08 Å². The summed E-state index contributed by atoms with van der Waals surface area (Å²) in [5.74, 6) is 0.106. The number of para-hydroxylation sites is 1. The molecule has 0 amide bonds. The van der Waals surface area contributed by atoms with Crippen molar-refractivity contribution in [3.63, 3.8) is 0 Å². The van der Waals surface area contributed by atoms with Crippen LogP contribution in [0.1, 0.15) is 5.56 Å². The summed E-state index contributed by atoms with van der Waals surface area (Å²) in [4.78, 5) is 22.6. The first-order valence-corrected chi connectivity index (χ1v) is 6.92. The first-order chi connectivity index (χ1) is 11.2. The fourth-order valence-electron chi connectivity index (χ4n) is 1.70. The average molecular weight is 312 g/mol. The molecule has 0 spiro atoms. The zero-order chi connectivity index (χ0) is 16.5. The Morgan fingerprint density at radius 1 is 0.957 bits per heavy atom. The zero-order valence-electron chi connectivity index (χ0n) is 12.6. The molecule has 2 rings (SSSR count). The Kier molecular flexibility index (Phi) is 5.94. The van der Waals surface area contributed by atoms with Crippen molar-refractivity contribution in [3.8, 4) is 11.5 Å². The van der Waals surface area contributed by atoms with Gasteiger partial charge < -0.3 is 14.2 Å². The van der Waals surface area contributed by atoms with Gasteiger partial charge in [0, 0.05) is 6.08 Å². The van der Waals surface area contributed by atoms with Crippen LogP contribution < -0.4 is 9.47 Å². The van der Waals surface area contributed by atoms with Crippen LogP contribution >= 0.6 is 0 Å². The van der Waals surface area contributed by atoms with Crippen molar-refractivity contribution in [2.45, 2.75) is 0 Å². The number of carbonyl (C=O) groups is 2. The molecule has 0 radical (unpaired) electrons. The van der Waals surface area contributed by atoms with Gasteiger partial charge in [0.1, 0.15) is 11.5 Å². The maximum atomic E-state index is 11.7. The number of methoxy groups -OCH3 is 1. The lowest BCUT2D eigenvalue weighted by Gasteiger charge is -2.06. The lowest BCUT2D eigenvalue weighted by molar-refractivity contribution is -0.137. The monoisotopic (exact) mass is 312 g/mol. The molecular weight excluding hydrogens is 296 g/mol. The Bertz CT molecular complexity index is 674. The van der Waals surface area contributed by atoms with Gasteiger partial charge in [-0.3, -0.25) is 0 Å². The Morgan fingerprint density at radius 2 is 1.65 bits per heavy atom. The van der Waals surface area contributed by atoms with Crippen molar-refractivity contribution in [3.05, 3.63) is 66.2 Å². The molecule has 0 saturated carbocycles. The maximum Gasteiger partial charge on any atom is 0.349 e. The molecule has 0 aliphatic heterocycles. The van der Waals surface area contributed by atoms with Crippen molar-refractivity contribution in [2.75, 3.05) is 13.7 Å². The summed E-state index contributed by atoms with van der Waals surface area (Å²) in [5.41, 5.74) is 0.814. The number of esters is 2. The van der Waals surface area contributed by atoms with Gasteiger partial charge in [0.15, 0.2) is 6.61 Å². The van der Waals surface area contributed by atoms with E-state index in [2.05, 4.69) is 4.74 Å². The van der Waals surface area contributed by atoms with Crippen LogP contribution in [0.5, 0.6) is 11.5 Å². The molecule has 0 bridgehead atoms. The molecule has 0 aliphatic rings. The molecule has 2 aromatic carbocycles. The molecule has 118 valence electrons. The standard InChI is InChI=1S/C18H16O5/c1-21-17(19)12-9-14-7-10-15(11-8-14)22-13-18(20)23-16-5-3-2-4-6-16/h2-12H,13H2,1H3. The molecule has 0 aliphatic carbocycles.